The minimum atomic E-state index is 0.457. The summed E-state index contributed by atoms with van der Waals surface area (Å²) in [5.41, 5.74) is 7.64. The van der Waals surface area contributed by atoms with E-state index in [1.54, 1.807) is 12.4 Å². The molecule has 0 aliphatic rings. The number of fused-ring (bicyclic) bond motifs is 1. The van der Waals surface area contributed by atoms with Gasteiger partial charge in [0.25, 0.3) is 0 Å². The van der Waals surface area contributed by atoms with E-state index in [0.29, 0.717) is 5.82 Å². The third-order valence-electron chi connectivity index (χ3n) is 2.67. The van der Waals surface area contributed by atoms with Gasteiger partial charge in [-0.2, -0.15) is 0 Å². The van der Waals surface area contributed by atoms with E-state index in [0.717, 1.165) is 22.0 Å². The van der Waals surface area contributed by atoms with E-state index in [1.165, 1.54) is 0 Å². The summed E-state index contributed by atoms with van der Waals surface area (Å²) >= 11 is 0. The number of benzene rings is 1. The van der Waals surface area contributed by atoms with Gasteiger partial charge in [-0.1, -0.05) is 24.3 Å². The second-order valence-electron chi connectivity index (χ2n) is 3.72. The fourth-order valence-corrected chi connectivity index (χ4v) is 1.85. The molecule has 0 aliphatic heterocycles. The molecule has 0 aliphatic carbocycles. The predicted molar refractivity (Wildman–Crippen MR) is 67.2 cm³/mol. The summed E-state index contributed by atoms with van der Waals surface area (Å²) in [7, 11) is 0. The molecule has 0 radical (unpaired) electrons. The van der Waals surface area contributed by atoms with Crippen LogP contribution in [0.1, 0.15) is 0 Å². The van der Waals surface area contributed by atoms with Crippen molar-refractivity contribution in [3.05, 3.63) is 48.8 Å². The summed E-state index contributed by atoms with van der Waals surface area (Å²) in [5, 5.41) is 10.1. The lowest BCUT2D eigenvalue weighted by Crippen LogP contribution is -1.97. The lowest BCUT2D eigenvalue weighted by atomic mass is 10.1. The Labute approximate surface area is 98.1 Å². The molecule has 2 N–H and O–H groups in total. The van der Waals surface area contributed by atoms with Crippen LogP contribution < -0.4 is 5.73 Å². The van der Waals surface area contributed by atoms with Gasteiger partial charge in [-0.25, -0.2) is 0 Å². The fraction of sp³-hybridized carbons (Fsp3) is 0. The second-order valence-corrected chi connectivity index (χ2v) is 3.72. The highest BCUT2D eigenvalue weighted by molar-refractivity contribution is 5.99. The van der Waals surface area contributed by atoms with Crippen molar-refractivity contribution in [1.82, 2.24) is 15.2 Å². The van der Waals surface area contributed by atoms with Crippen molar-refractivity contribution in [3.63, 3.8) is 0 Å². The van der Waals surface area contributed by atoms with Crippen LogP contribution in [0.3, 0.4) is 0 Å². The van der Waals surface area contributed by atoms with Gasteiger partial charge in [0.1, 0.15) is 5.69 Å². The van der Waals surface area contributed by atoms with Gasteiger partial charge in [-0.15, -0.1) is 10.2 Å². The Bertz CT molecular complexity index is 665. The molecule has 0 spiro atoms. The number of aromatic nitrogens is 3. The highest BCUT2D eigenvalue weighted by Gasteiger charge is 2.08. The summed E-state index contributed by atoms with van der Waals surface area (Å²) < 4.78 is 0. The van der Waals surface area contributed by atoms with E-state index < -0.39 is 0 Å². The maximum atomic E-state index is 5.82. The van der Waals surface area contributed by atoms with E-state index in [9.17, 15) is 0 Å². The highest BCUT2D eigenvalue weighted by Crippen LogP contribution is 2.27. The van der Waals surface area contributed by atoms with Gasteiger partial charge in [-0.05, 0) is 12.1 Å². The summed E-state index contributed by atoms with van der Waals surface area (Å²) in [4.78, 5) is 4.00. The molecule has 2 heterocycles. The number of hydrogen-bond acceptors (Lipinski definition) is 4. The average molecular weight is 222 g/mol. The van der Waals surface area contributed by atoms with Crippen LogP contribution in [0.2, 0.25) is 0 Å². The van der Waals surface area contributed by atoms with Gasteiger partial charge in [0.15, 0.2) is 5.82 Å². The topological polar surface area (TPSA) is 64.7 Å². The van der Waals surface area contributed by atoms with Crippen LogP contribution in [-0.2, 0) is 0 Å². The van der Waals surface area contributed by atoms with Crippen LogP contribution in [0.4, 0.5) is 5.82 Å². The normalized spacial score (nSPS) is 10.6. The summed E-state index contributed by atoms with van der Waals surface area (Å²) in [5.74, 6) is 0.457. The number of hydrogen-bond donors (Lipinski definition) is 1. The van der Waals surface area contributed by atoms with Gasteiger partial charge in [0.05, 0.1) is 0 Å². The first-order valence-electron chi connectivity index (χ1n) is 5.27. The summed E-state index contributed by atoms with van der Waals surface area (Å²) in [6.07, 6.45) is 3.48. The molecular formula is C13H10N4. The van der Waals surface area contributed by atoms with E-state index in [1.807, 2.05) is 36.4 Å². The molecule has 2 aromatic heterocycles. The van der Waals surface area contributed by atoms with Crippen molar-refractivity contribution < 1.29 is 0 Å². The van der Waals surface area contributed by atoms with E-state index in [4.69, 9.17) is 5.73 Å². The first-order valence-corrected chi connectivity index (χ1v) is 5.27. The largest absolute Gasteiger partial charge is 0.382 e. The minimum Gasteiger partial charge on any atom is -0.382 e. The molecule has 3 aromatic rings. The molecule has 0 bridgehead atoms. The zero-order chi connectivity index (χ0) is 11.7. The minimum absolute atomic E-state index is 0.457. The molecule has 0 saturated carbocycles. The average Bonchev–Trinajstić information content (AvgIpc) is 2.41. The lowest BCUT2D eigenvalue weighted by Gasteiger charge is -2.06. The molecule has 0 unspecified atom stereocenters. The van der Waals surface area contributed by atoms with Crippen LogP contribution in [0.15, 0.2) is 48.8 Å². The van der Waals surface area contributed by atoms with Crippen molar-refractivity contribution in [2.45, 2.75) is 0 Å². The molecule has 1 aromatic carbocycles. The van der Waals surface area contributed by atoms with Crippen molar-refractivity contribution in [1.29, 1.82) is 0 Å². The standard InChI is InChI=1S/C13H10N4/c14-13-11-4-2-1-3-10(11)12(16-17-13)9-5-7-15-8-6-9/h1-8H,(H2,14,17). The molecule has 3 rings (SSSR count). The Morgan fingerprint density at radius 3 is 2.29 bits per heavy atom. The van der Waals surface area contributed by atoms with Crippen molar-refractivity contribution in [2.75, 3.05) is 5.73 Å². The number of nitrogens with zero attached hydrogens (tertiary/aromatic N) is 3. The van der Waals surface area contributed by atoms with E-state index in [-0.39, 0.29) is 0 Å². The summed E-state index contributed by atoms with van der Waals surface area (Å²) in [6, 6.07) is 11.7. The maximum Gasteiger partial charge on any atom is 0.154 e. The second kappa shape index (κ2) is 3.83. The quantitative estimate of drug-likeness (QED) is 0.686. The van der Waals surface area contributed by atoms with Crippen LogP contribution in [-0.4, -0.2) is 15.2 Å². The third kappa shape index (κ3) is 1.59. The zero-order valence-electron chi connectivity index (χ0n) is 9.04. The Morgan fingerprint density at radius 1 is 0.824 bits per heavy atom. The number of anilines is 1. The first kappa shape index (κ1) is 9.72. The first-order chi connectivity index (χ1) is 8.36. The Balaban J connectivity index is 2.35. The Morgan fingerprint density at radius 2 is 1.53 bits per heavy atom. The van der Waals surface area contributed by atoms with E-state index >= 15 is 0 Å². The van der Waals surface area contributed by atoms with Gasteiger partial charge < -0.3 is 5.73 Å². The van der Waals surface area contributed by atoms with Gasteiger partial charge in [0, 0.05) is 28.7 Å². The van der Waals surface area contributed by atoms with Crippen molar-refractivity contribution in [2.24, 2.45) is 0 Å². The molecular weight excluding hydrogens is 212 g/mol. The SMILES string of the molecule is Nc1nnc(-c2ccncc2)c2ccccc12. The number of nitrogens with two attached hydrogens (primary N) is 1. The number of nitrogen functional groups attached to an aromatic ring is 1. The Hall–Kier alpha value is -2.49. The van der Waals surface area contributed by atoms with Crippen LogP contribution in [0, 0.1) is 0 Å². The van der Waals surface area contributed by atoms with Crippen molar-refractivity contribution >= 4 is 16.6 Å². The molecule has 0 atom stereocenters. The molecule has 0 amide bonds. The zero-order valence-corrected chi connectivity index (χ0v) is 9.04. The molecule has 4 heteroatoms. The maximum absolute atomic E-state index is 5.82. The van der Waals surface area contributed by atoms with Crippen LogP contribution >= 0.6 is 0 Å². The predicted octanol–water partition coefficient (Wildman–Crippen LogP) is 2.27. The van der Waals surface area contributed by atoms with Gasteiger partial charge in [0.2, 0.25) is 0 Å². The summed E-state index contributed by atoms with van der Waals surface area (Å²) in [6.45, 7) is 0. The third-order valence-corrected chi connectivity index (χ3v) is 2.67. The highest BCUT2D eigenvalue weighted by atomic mass is 15.1. The van der Waals surface area contributed by atoms with Crippen LogP contribution in [0.5, 0.6) is 0 Å². The molecule has 82 valence electrons. The fourth-order valence-electron chi connectivity index (χ4n) is 1.85. The number of pyridine rings is 1. The smallest absolute Gasteiger partial charge is 0.154 e. The number of rotatable bonds is 1. The Kier molecular flexibility index (Phi) is 2.19. The van der Waals surface area contributed by atoms with E-state index in [2.05, 4.69) is 15.2 Å². The molecule has 4 nitrogen and oxygen atoms in total. The lowest BCUT2D eigenvalue weighted by molar-refractivity contribution is 1.07. The van der Waals surface area contributed by atoms with Crippen LogP contribution in [0.25, 0.3) is 22.0 Å². The van der Waals surface area contributed by atoms with Gasteiger partial charge >= 0.3 is 0 Å². The molecule has 0 fully saturated rings. The molecule has 0 saturated heterocycles. The van der Waals surface area contributed by atoms with Crippen molar-refractivity contribution in [3.8, 4) is 11.3 Å². The monoisotopic (exact) mass is 222 g/mol. The van der Waals surface area contributed by atoms with Gasteiger partial charge in [-0.3, -0.25) is 4.98 Å². The molecule has 17 heavy (non-hydrogen) atoms.